The van der Waals surface area contributed by atoms with Gasteiger partial charge in [-0.25, -0.2) is 0 Å². The van der Waals surface area contributed by atoms with Crippen LogP contribution in [-0.4, -0.2) is 29.1 Å². The molecule has 2 aromatic rings. The van der Waals surface area contributed by atoms with E-state index in [-0.39, 0.29) is 5.92 Å². The molecule has 0 aromatic heterocycles. The van der Waals surface area contributed by atoms with E-state index in [0.29, 0.717) is 6.04 Å². The van der Waals surface area contributed by atoms with Crippen molar-refractivity contribution >= 4 is 0 Å². The van der Waals surface area contributed by atoms with Crippen molar-refractivity contribution in [1.82, 2.24) is 4.90 Å². The number of piperidine rings is 1. The lowest BCUT2D eigenvalue weighted by Crippen LogP contribution is -2.46. The first-order valence-corrected chi connectivity index (χ1v) is 8.87. The third-order valence-electron chi connectivity index (χ3n) is 5.82. The Morgan fingerprint density at radius 3 is 2.00 bits per heavy atom. The number of nitrogens with zero attached hydrogens (tertiary/aromatic N) is 1. The largest absolute Gasteiger partial charge is 0.380 e. The summed E-state index contributed by atoms with van der Waals surface area (Å²) in [7, 11) is 0. The highest BCUT2D eigenvalue weighted by Gasteiger charge is 2.49. The van der Waals surface area contributed by atoms with Crippen molar-refractivity contribution in [1.29, 1.82) is 0 Å². The Kier molecular flexibility index (Phi) is 3.96. The molecule has 2 unspecified atom stereocenters. The van der Waals surface area contributed by atoms with Crippen LogP contribution in [0.4, 0.5) is 0 Å². The van der Waals surface area contributed by atoms with Crippen molar-refractivity contribution in [3.63, 3.8) is 0 Å². The summed E-state index contributed by atoms with van der Waals surface area (Å²) in [4.78, 5) is 2.60. The Balaban J connectivity index is 1.80. The Hall–Kier alpha value is -1.64. The van der Waals surface area contributed by atoms with Crippen LogP contribution in [0.15, 0.2) is 60.7 Å². The quantitative estimate of drug-likeness (QED) is 0.932. The van der Waals surface area contributed by atoms with Crippen molar-refractivity contribution in [2.75, 3.05) is 13.1 Å². The van der Waals surface area contributed by atoms with Crippen LogP contribution in [0.25, 0.3) is 0 Å². The summed E-state index contributed by atoms with van der Waals surface area (Å²) in [5.41, 5.74) is 1.17. The van der Waals surface area contributed by atoms with Crippen molar-refractivity contribution in [3.05, 3.63) is 71.8 Å². The van der Waals surface area contributed by atoms with Gasteiger partial charge in [-0.2, -0.15) is 0 Å². The summed E-state index contributed by atoms with van der Waals surface area (Å²) >= 11 is 0. The van der Waals surface area contributed by atoms with Gasteiger partial charge in [0.2, 0.25) is 0 Å². The van der Waals surface area contributed by atoms with Gasteiger partial charge in [0.05, 0.1) is 0 Å². The van der Waals surface area contributed by atoms with Crippen molar-refractivity contribution < 1.29 is 5.11 Å². The summed E-state index contributed by atoms with van der Waals surface area (Å²) in [5.74, 6) is 0.271. The van der Waals surface area contributed by atoms with Crippen LogP contribution < -0.4 is 0 Å². The van der Waals surface area contributed by atoms with E-state index in [4.69, 9.17) is 0 Å². The predicted octanol–water partition coefficient (Wildman–Crippen LogP) is 3.80. The lowest BCUT2D eigenvalue weighted by molar-refractivity contribution is -0.00746. The van der Waals surface area contributed by atoms with Crippen LogP contribution in [0.1, 0.15) is 36.8 Å². The Labute approximate surface area is 138 Å². The van der Waals surface area contributed by atoms with Gasteiger partial charge in [0.1, 0.15) is 5.60 Å². The Morgan fingerprint density at radius 2 is 1.39 bits per heavy atom. The molecule has 120 valence electrons. The van der Waals surface area contributed by atoms with Crippen LogP contribution in [-0.2, 0) is 5.60 Å². The van der Waals surface area contributed by atoms with E-state index in [9.17, 15) is 5.11 Å². The molecule has 2 aliphatic rings. The van der Waals surface area contributed by atoms with Gasteiger partial charge in [-0.1, -0.05) is 67.1 Å². The minimum atomic E-state index is -0.890. The highest BCUT2D eigenvalue weighted by atomic mass is 16.3. The number of hydrogen-bond acceptors (Lipinski definition) is 2. The summed E-state index contributed by atoms with van der Waals surface area (Å²) in [6.45, 7) is 2.32. The molecule has 2 heterocycles. The highest BCUT2D eigenvalue weighted by Crippen LogP contribution is 2.46. The van der Waals surface area contributed by atoms with Crippen molar-refractivity contribution in [3.8, 4) is 0 Å². The molecule has 4 rings (SSSR count). The Bertz CT molecular complexity index is 600. The van der Waals surface area contributed by atoms with E-state index in [1.807, 2.05) is 36.4 Å². The molecule has 0 spiro atoms. The van der Waals surface area contributed by atoms with E-state index in [2.05, 4.69) is 29.2 Å². The molecule has 23 heavy (non-hydrogen) atoms. The lowest BCUT2D eigenvalue weighted by Gasteiger charge is -2.41. The van der Waals surface area contributed by atoms with Gasteiger partial charge in [-0.3, -0.25) is 4.90 Å². The number of benzene rings is 2. The maximum Gasteiger partial charge on any atom is 0.119 e. The molecular formula is C21H25NO. The van der Waals surface area contributed by atoms with E-state index >= 15 is 0 Å². The average molecular weight is 307 g/mol. The second-order valence-electron chi connectivity index (χ2n) is 6.99. The van der Waals surface area contributed by atoms with Crippen LogP contribution in [0.5, 0.6) is 0 Å². The fourth-order valence-electron chi connectivity index (χ4n) is 4.71. The zero-order valence-corrected chi connectivity index (χ0v) is 13.6. The van der Waals surface area contributed by atoms with E-state index in [1.165, 1.54) is 25.8 Å². The molecule has 0 radical (unpaired) electrons. The summed E-state index contributed by atoms with van der Waals surface area (Å²) in [6.07, 6.45) is 4.88. The molecule has 2 atom stereocenters. The van der Waals surface area contributed by atoms with Crippen LogP contribution in [0, 0.1) is 5.92 Å². The molecule has 1 N–H and O–H groups in total. The molecule has 0 aliphatic carbocycles. The number of hydrogen-bond donors (Lipinski definition) is 1. The van der Waals surface area contributed by atoms with Crippen molar-refractivity contribution in [2.24, 2.45) is 5.92 Å². The molecule has 0 bridgehead atoms. The van der Waals surface area contributed by atoms with E-state index in [0.717, 1.165) is 24.1 Å². The fourth-order valence-corrected chi connectivity index (χ4v) is 4.71. The second-order valence-corrected chi connectivity index (χ2v) is 6.99. The maximum absolute atomic E-state index is 12.0. The first-order chi connectivity index (χ1) is 11.3. The smallest absolute Gasteiger partial charge is 0.119 e. The highest BCUT2D eigenvalue weighted by molar-refractivity contribution is 5.38. The van der Waals surface area contributed by atoms with Gasteiger partial charge in [-0.15, -0.1) is 0 Å². The first kappa shape index (κ1) is 14.9. The van der Waals surface area contributed by atoms with Crippen LogP contribution >= 0.6 is 0 Å². The third kappa shape index (κ3) is 2.50. The van der Waals surface area contributed by atoms with Gasteiger partial charge in [0.25, 0.3) is 0 Å². The summed E-state index contributed by atoms with van der Waals surface area (Å²) in [6, 6.07) is 21.0. The first-order valence-electron chi connectivity index (χ1n) is 8.87. The lowest BCUT2D eigenvalue weighted by atomic mass is 9.71. The van der Waals surface area contributed by atoms with Gasteiger partial charge in [-0.05, 0) is 43.5 Å². The molecule has 2 fully saturated rings. The maximum atomic E-state index is 12.0. The van der Waals surface area contributed by atoms with Crippen molar-refractivity contribution in [2.45, 2.75) is 37.3 Å². The summed E-state index contributed by atoms with van der Waals surface area (Å²) < 4.78 is 0. The fraction of sp³-hybridized carbons (Fsp3) is 0.429. The number of rotatable bonds is 3. The number of aliphatic hydroxyl groups is 1. The van der Waals surface area contributed by atoms with Gasteiger partial charge < -0.3 is 5.11 Å². The minimum absolute atomic E-state index is 0.271. The molecule has 2 saturated heterocycles. The molecule has 2 heteroatoms. The van der Waals surface area contributed by atoms with E-state index in [1.54, 1.807) is 0 Å². The standard InChI is InChI=1S/C21H25NO/c23-21(17-9-3-1-4-10-17,18-11-5-2-6-12-18)19-14-16-22-15-8-7-13-20(19)22/h1-6,9-12,19-20,23H,7-8,13-16H2. The molecule has 2 aliphatic heterocycles. The molecule has 0 amide bonds. The third-order valence-corrected chi connectivity index (χ3v) is 5.82. The normalized spacial score (nSPS) is 25.3. The van der Waals surface area contributed by atoms with E-state index < -0.39 is 5.60 Å². The summed E-state index contributed by atoms with van der Waals surface area (Å²) in [5, 5.41) is 12.0. The molecule has 0 saturated carbocycles. The molecular weight excluding hydrogens is 282 g/mol. The average Bonchev–Trinajstić information content (AvgIpc) is 3.07. The van der Waals surface area contributed by atoms with Gasteiger partial charge in [0.15, 0.2) is 0 Å². The van der Waals surface area contributed by atoms with Gasteiger partial charge >= 0.3 is 0 Å². The van der Waals surface area contributed by atoms with Gasteiger partial charge in [0, 0.05) is 12.0 Å². The molecule has 2 nitrogen and oxygen atoms in total. The minimum Gasteiger partial charge on any atom is -0.380 e. The zero-order valence-electron chi connectivity index (χ0n) is 13.6. The van der Waals surface area contributed by atoms with Crippen LogP contribution in [0.3, 0.4) is 0 Å². The zero-order chi connectivity index (χ0) is 15.7. The Morgan fingerprint density at radius 1 is 0.783 bits per heavy atom. The second kappa shape index (κ2) is 6.10. The topological polar surface area (TPSA) is 23.5 Å². The monoisotopic (exact) mass is 307 g/mol. The number of fused-ring (bicyclic) bond motifs is 1. The molecule has 2 aromatic carbocycles. The predicted molar refractivity (Wildman–Crippen MR) is 93.2 cm³/mol. The SMILES string of the molecule is OC(c1ccccc1)(c1ccccc1)C1CCN2CCCCC12. The van der Waals surface area contributed by atoms with Crippen LogP contribution in [0.2, 0.25) is 0 Å².